The summed E-state index contributed by atoms with van der Waals surface area (Å²) in [6, 6.07) is 8.23. The van der Waals surface area contributed by atoms with Crippen molar-refractivity contribution >= 4 is 22.6 Å². The maximum Gasteiger partial charge on any atom is 0.118 e. The second-order valence-electron chi connectivity index (χ2n) is 4.46. The van der Waals surface area contributed by atoms with Crippen LogP contribution in [0.2, 0.25) is 0 Å². The van der Waals surface area contributed by atoms with Gasteiger partial charge < -0.3 is 9.47 Å². The van der Waals surface area contributed by atoms with Crippen molar-refractivity contribution in [3.05, 3.63) is 29.8 Å². The van der Waals surface area contributed by atoms with E-state index in [0.717, 1.165) is 10.2 Å². The van der Waals surface area contributed by atoms with Gasteiger partial charge in [0.15, 0.2) is 0 Å². The highest BCUT2D eigenvalue weighted by molar-refractivity contribution is 14.1. The van der Waals surface area contributed by atoms with Crippen LogP contribution in [0.3, 0.4) is 0 Å². The Hall–Kier alpha value is -0.290. The largest absolute Gasteiger partial charge is 0.497 e. The number of benzene rings is 1. The Balaban J connectivity index is 2.00. The Morgan fingerprint density at radius 1 is 1.24 bits per heavy atom. The Morgan fingerprint density at radius 3 is 2.41 bits per heavy atom. The first-order chi connectivity index (χ1) is 8.33. The van der Waals surface area contributed by atoms with E-state index < -0.39 is 0 Å². The molecule has 0 amide bonds. The summed E-state index contributed by atoms with van der Waals surface area (Å²) in [5, 5.41) is 0. The normalized spacial score (nSPS) is 18.2. The molecule has 0 aliphatic heterocycles. The van der Waals surface area contributed by atoms with Crippen LogP contribution in [0.25, 0.3) is 0 Å². The number of ether oxygens (including phenoxy) is 2. The lowest BCUT2D eigenvalue weighted by Gasteiger charge is -2.20. The maximum atomic E-state index is 6.17. The van der Waals surface area contributed by atoms with Gasteiger partial charge in [0.1, 0.15) is 5.75 Å². The minimum atomic E-state index is 0.226. The molecule has 0 N–H and O–H groups in total. The molecule has 94 valence electrons. The molecule has 1 fully saturated rings. The van der Waals surface area contributed by atoms with E-state index in [1.165, 1.54) is 31.2 Å². The molecular formula is C14H19IO2. The summed E-state index contributed by atoms with van der Waals surface area (Å²) in [6.45, 7) is 0. The molecule has 2 nitrogen and oxygen atoms in total. The van der Waals surface area contributed by atoms with Gasteiger partial charge in [-0.2, -0.15) is 0 Å². The van der Waals surface area contributed by atoms with Crippen LogP contribution >= 0.6 is 22.6 Å². The van der Waals surface area contributed by atoms with Gasteiger partial charge in [-0.3, -0.25) is 0 Å². The van der Waals surface area contributed by atoms with Crippen LogP contribution < -0.4 is 4.74 Å². The van der Waals surface area contributed by atoms with Crippen LogP contribution in [0.5, 0.6) is 5.75 Å². The Labute approximate surface area is 117 Å². The zero-order chi connectivity index (χ0) is 12.1. The Bertz CT molecular complexity index is 331. The molecule has 17 heavy (non-hydrogen) atoms. The smallest absolute Gasteiger partial charge is 0.118 e. The minimum Gasteiger partial charge on any atom is -0.497 e. The van der Waals surface area contributed by atoms with Gasteiger partial charge in [-0.05, 0) is 30.5 Å². The molecule has 1 saturated carbocycles. The van der Waals surface area contributed by atoms with Crippen LogP contribution in [-0.4, -0.2) is 17.6 Å². The fourth-order valence-electron chi connectivity index (χ4n) is 2.28. The van der Waals surface area contributed by atoms with Crippen molar-refractivity contribution in [3.63, 3.8) is 0 Å². The summed E-state index contributed by atoms with van der Waals surface area (Å²) in [5.74, 6) is 0.904. The second-order valence-corrected chi connectivity index (χ2v) is 5.34. The van der Waals surface area contributed by atoms with E-state index in [0.29, 0.717) is 6.10 Å². The van der Waals surface area contributed by atoms with Gasteiger partial charge in [0, 0.05) is 4.43 Å². The predicted octanol–water partition coefficient (Wildman–Crippen LogP) is 4.13. The summed E-state index contributed by atoms with van der Waals surface area (Å²) in [6.07, 6.45) is 5.79. The van der Waals surface area contributed by atoms with Crippen LogP contribution in [0.1, 0.15) is 37.4 Å². The quantitative estimate of drug-likeness (QED) is 0.590. The van der Waals surface area contributed by atoms with Gasteiger partial charge in [0.25, 0.3) is 0 Å². The van der Waals surface area contributed by atoms with Crippen molar-refractivity contribution in [2.24, 2.45) is 0 Å². The Kier molecular flexibility index (Phi) is 5.10. The van der Waals surface area contributed by atoms with Gasteiger partial charge in [-0.1, -0.05) is 47.6 Å². The molecule has 0 heterocycles. The molecule has 1 aliphatic carbocycles. The summed E-state index contributed by atoms with van der Waals surface area (Å²) < 4.78 is 12.3. The van der Waals surface area contributed by atoms with Crippen LogP contribution in [-0.2, 0) is 4.74 Å². The highest BCUT2D eigenvalue weighted by Crippen LogP contribution is 2.29. The molecule has 0 aromatic heterocycles. The Morgan fingerprint density at radius 2 is 1.88 bits per heavy atom. The van der Waals surface area contributed by atoms with Crippen molar-refractivity contribution in [2.45, 2.75) is 37.9 Å². The first kappa shape index (κ1) is 13.1. The molecular weight excluding hydrogens is 327 g/mol. The van der Waals surface area contributed by atoms with Gasteiger partial charge in [-0.15, -0.1) is 0 Å². The summed E-state index contributed by atoms with van der Waals surface area (Å²) in [4.78, 5) is 0. The van der Waals surface area contributed by atoms with Crippen LogP contribution in [0.4, 0.5) is 0 Å². The third-order valence-electron chi connectivity index (χ3n) is 3.29. The zero-order valence-corrected chi connectivity index (χ0v) is 12.4. The average Bonchev–Trinajstić information content (AvgIpc) is 2.89. The third-order valence-corrected chi connectivity index (χ3v) is 4.09. The third kappa shape index (κ3) is 3.58. The van der Waals surface area contributed by atoms with E-state index in [1.54, 1.807) is 7.11 Å². The molecule has 1 aromatic rings. The first-order valence-electron chi connectivity index (χ1n) is 6.19. The van der Waals surface area contributed by atoms with E-state index in [1.807, 2.05) is 12.1 Å². The van der Waals surface area contributed by atoms with Crippen molar-refractivity contribution in [3.8, 4) is 5.75 Å². The molecule has 1 aromatic carbocycles. The topological polar surface area (TPSA) is 18.5 Å². The molecule has 0 spiro atoms. The number of rotatable bonds is 5. The summed E-state index contributed by atoms with van der Waals surface area (Å²) in [7, 11) is 1.69. The summed E-state index contributed by atoms with van der Waals surface area (Å²) in [5.41, 5.74) is 1.26. The van der Waals surface area contributed by atoms with Gasteiger partial charge >= 0.3 is 0 Å². The lowest BCUT2D eigenvalue weighted by Crippen LogP contribution is -2.14. The molecule has 0 saturated heterocycles. The van der Waals surface area contributed by atoms with Crippen LogP contribution in [0, 0.1) is 0 Å². The van der Waals surface area contributed by atoms with E-state index in [9.17, 15) is 0 Å². The van der Waals surface area contributed by atoms with E-state index in [4.69, 9.17) is 9.47 Å². The molecule has 1 atom stereocenters. The summed E-state index contributed by atoms with van der Waals surface area (Å²) >= 11 is 2.40. The SMILES string of the molecule is COc1ccc(C(CI)OC2CCCC2)cc1. The number of alkyl halides is 1. The van der Waals surface area contributed by atoms with E-state index in [2.05, 4.69) is 34.7 Å². The standard InChI is InChI=1S/C14H19IO2/c1-16-12-8-6-11(7-9-12)14(10-15)17-13-4-2-3-5-13/h6-9,13-14H,2-5,10H2,1H3. The number of halogens is 1. The highest BCUT2D eigenvalue weighted by atomic mass is 127. The van der Waals surface area contributed by atoms with Gasteiger partial charge in [-0.25, -0.2) is 0 Å². The fraction of sp³-hybridized carbons (Fsp3) is 0.571. The number of hydrogen-bond acceptors (Lipinski definition) is 2. The van der Waals surface area contributed by atoms with E-state index >= 15 is 0 Å². The molecule has 1 aliphatic rings. The first-order valence-corrected chi connectivity index (χ1v) is 7.71. The minimum absolute atomic E-state index is 0.226. The average molecular weight is 346 g/mol. The highest BCUT2D eigenvalue weighted by Gasteiger charge is 2.20. The molecule has 2 rings (SSSR count). The van der Waals surface area contributed by atoms with Crippen molar-refractivity contribution in [1.29, 1.82) is 0 Å². The molecule has 1 unspecified atom stereocenters. The lowest BCUT2D eigenvalue weighted by molar-refractivity contribution is 0.00524. The zero-order valence-electron chi connectivity index (χ0n) is 10.2. The molecule has 3 heteroatoms. The predicted molar refractivity (Wildman–Crippen MR) is 78.0 cm³/mol. The number of hydrogen-bond donors (Lipinski definition) is 0. The van der Waals surface area contributed by atoms with Crippen molar-refractivity contribution < 1.29 is 9.47 Å². The van der Waals surface area contributed by atoms with Crippen molar-refractivity contribution in [1.82, 2.24) is 0 Å². The fourth-order valence-corrected chi connectivity index (χ4v) is 3.00. The molecule has 0 radical (unpaired) electrons. The monoisotopic (exact) mass is 346 g/mol. The van der Waals surface area contributed by atoms with E-state index in [-0.39, 0.29) is 6.10 Å². The number of methoxy groups -OCH3 is 1. The van der Waals surface area contributed by atoms with Gasteiger partial charge in [0.05, 0.1) is 19.3 Å². The van der Waals surface area contributed by atoms with Gasteiger partial charge in [0.2, 0.25) is 0 Å². The van der Waals surface area contributed by atoms with Crippen molar-refractivity contribution in [2.75, 3.05) is 11.5 Å². The molecule has 0 bridgehead atoms. The second kappa shape index (κ2) is 6.59. The van der Waals surface area contributed by atoms with Crippen LogP contribution in [0.15, 0.2) is 24.3 Å². The lowest BCUT2D eigenvalue weighted by atomic mass is 10.1. The maximum absolute atomic E-state index is 6.17.